The molecule has 2 aromatic rings. The molecule has 2 heterocycles. The van der Waals surface area contributed by atoms with Gasteiger partial charge in [-0.2, -0.15) is 10.1 Å². The van der Waals surface area contributed by atoms with Crippen LogP contribution < -0.4 is 4.90 Å². The van der Waals surface area contributed by atoms with Gasteiger partial charge < -0.3 is 4.90 Å². The highest BCUT2D eigenvalue weighted by molar-refractivity contribution is 9.10. The minimum absolute atomic E-state index is 0.662. The van der Waals surface area contributed by atoms with Gasteiger partial charge in [0.2, 0.25) is 5.95 Å². The number of hydrogen-bond acceptors (Lipinski definition) is 4. The molecule has 1 aliphatic heterocycles. The third-order valence-electron chi connectivity index (χ3n) is 4.32. The number of benzene rings is 1. The molecule has 0 spiro atoms. The molecule has 1 fully saturated rings. The van der Waals surface area contributed by atoms with E-state index in [0.29, 0.717) is 5.92 Å². The number of nitrogens with zero attached hydrogens (tertiary/aromatic N) is 4. The molecule has 6 heteroatoms. The average molecular weight is 378 g/mol. The largest absolute Gasteiger partial charge is 0.339 e. The van der Waals surface area contributed by atoms with E-state index in [4.69, 9.17) is 0 Å². The van der Waals surface area contributed by atoms with Crippen LogP contribution in [0.15, 0.2) is 28.7 Å². The fourth-order valence-electron chi connectivity index (χ4n) is 3.15. The van der Waals surface area contributed by atoms with Crippen LogP contribution >= 0.6 is 15.9 Å². The lowest BCUT2D eigenvalue weighted by atomic mass is 10.0. The predicted molar refractivity (Wildman–Crippen MR) is 96.8 cm³/mol. The highest BCUT2D eigenvalue weighted by Gasteiger charge is 2.20. The van der Waals surface area contributed by atoms with Gasteiger partial charge in [-0.3, -0.25) is 4.90 Å². The minimum atomic E-state index is 0.662. The van der Waals surface area contributed by atoms with E-state index in [2.05, 4.69) is 72.1 Å². The number of halogens is 1. The molecule has 1 atom stereocenters. The van der Waals surface area contributed by atoms with Crippen LogP contribution in [-0.4, -0.2) is 52.8 Å². The van der Waals surface area contributed by atoms with Crippen molar-refractivity contribution in [3.8, 4) is 0 Å². The van der Waals surface area contributed by atoms with Gasteiger partial charge in [0.25, 0.3) is 0 Å². The van der Waals surface area contributed by atoms with Crippen molar-refractivity contribution in [2.45, 2.75) is 20.3 Å². The van der Waals surface area contributed by atoms with Crippen molar-refractivity contribution in [3.05, 3.63) is 40.1 Å². The molecule has 0 radical (unpaired) electrons. The number of aromatic nitrogens is 3. The number of nitrogens with one attached hydrogen (secondary N) is 1. The van der Waals surface area contributed by atoms with E-state index in [1.54, 1.807) is 0 Å². The molecule has 1 unspecified atom stereocenters. The Bertz CT molecular complexity index is 616. The lowest BCUT2D eigenvalue weighted by Gasteiger charge is -2.35. The number of aryl methyl sites for hydroxylation is 1. The molecule has 1 N–H and O–H groups in total. The van der Waals surface area contributed by atoms with Crippen molar-refractivity contribution in [1.29, 1.82) is 0 Å². The predicted octanol–water partition coefficient (Wildman–Crippen LogP) is 2.88. The minimum Gasteiger partial charge on any atom is -0.339 e. The van der Waals surface area contributed by atoms with Crippen LogP contribution in [0.1, 0.15) is 18.3 Å². The number of H-pyrrole nitrogens is 1. The van der Waals surface area contributed by atoms with Crippen LogP contribution in [0.4, 0.5) is 5.95 Å². The molecule has 1 aromatic carbocycles. The van der Waals surface area contributed by atoms with Crippen molar-refractivity contribution < 1.29 is 0 Å². The quantitative estimate of drug-likeness (QED) is 0.869. The molecular weight excluding hydrogens is 354 g/mol. The zero-order chi connectivity index (χ0) is 16.2. The van der Waals surface area contributed by atoms with Gasteiger partial charge in [0.1, 0.15) is 5.82 Å². The molecule has 1 aliphatic rings. The van der Waals surface area contributed by atoms with Gasteiger partial charge in [-0.15, -0.1) is 0 Å². The van der Waals surface area contributed by atoms with Gasteiger partial charge in [-0.05, 0) is 37.0 Å². The van der Waals surface area contributed by atoms with Crippen molar-refractivity contribution in [3.63, 3.8) is 0 Å². The molecule has 0 bridgehead atoms. The molecule has 0 aliphatic carbocycles. The molecule has 5 nitrogen and oxygen atoms in total. The summed E-state index contributed by atoms with van der Waals surface area (Å²) < 4.78 is 1.15. The highest BCUT2D eigenvalue weighted by atomic mass is 79.9. The van der Waals surface area contributed by atoms with E-state index in [1.165, 1.54) is 5.56 Å². The van der Waals surface area contributed by atoms with Gasteiger partial charge in [0.15, 0.2) is 0 Å². The van der Waals surface area contributed by atoms with Crippen molar-refractivity contribution in [2.24, 2.45) is 5.92 Å². The summed E-state index contributed by atoms with van der Waals surface area (Å²) in [4.78, 5) is 9.27. The van der Waals surface area contributed by atoms with Gasteiger partial charge >= 0.3 is 0 Å². The van der Waals surface area contributed by atoms with Crippen LogP contribution in [0.25, 0.3) is 0 Å². The Hall–Kier alpha value is -1.40. The SMILES string of the molecule is Cc1n[nH]c(N2CCN(CC(C)Cc3ccc(Br)cc3)CC2)n1. The Morgan fingerprint density at radius 1 is 1.17 bits per heavy atom. The molecule has 124 valence electrons. The van der Waals surface area contributed by atoms with Gasteiger partial charge in [0.05, 0.1) is 0 Å². The van der Waals surface area contributed by atoms with E-state index in [0.717, 1.165) is 55.4 Å². The van der Waals surface area contributed by atoms with E-state index < -0.39 is 0 Å². The zero-order valence-electron chi connectivity index (χ0n) is 13.8. The lowest BCUT2D eigenvalue weighted by Crippen LogP contribution is -2.48. The first-order valence-electron chi connectivity index (χ1n) is 8.21. The first kappa shape index (κ1) is 16.5. The van der Waals surface area contributed by atoms with E-state index >= 15 is 0 Å². The van der Waals surface area contributed by atoms with Crippen LogP contribution in [0.2, 0.25) is 0 Å². The highest BCUT2D eigenvalue weighted by Crippen LogP contribution is 2.16. The second-order valence-corrected chi connectivity index (χ2v) is 7.35. The summed E-state index contributed by atoms with van der Waals surface area (Å²) in [6, 6.07) is 8.68. The molecule has 23 heavy (non-hydrogen) atoms. The standard InChI is InChI=1S/C17H24BrN5/c1-13(11-15-3-5-16(18)6-4-15)12-22-7-9-23(10-8-22)17-19-14(2)20-21-17/h3-6,13H,7-12H2,1-2H3,(H,19,20,21). The topological polar surface area (TPSA) is 48.1 Å². The normalized spacial score (nSPS) is 17.4. The van der Waals surface area contributed by atoms with Gasteiger partial charge in [-0.25, -0.2) is 5.10 Å². The Morgan fingerprint density at radius 3 is 2.48 bits per heavy atom. The van der Waals surface area contributed by atoms with Crippen molar-refractivity contribution in [2.75, 3.05) is 37.6 Å². The molecule has 1 aromatic heterocycles. The van der Waals surface area contributed by atoms with Gasteiger partial charge in [-0.1, -0.05) is 35.0 Å². The Balaban J connectivity index is 1.45. The van der Waals surface area contributed by atoms with Crippen LogP contribution in [0.5, 0.6) is 0 Å². The van der Waals surface area contributed by atoms with E-state index in [-0.39, 0.29) is 0 Å². The molecule has 1 saturated heterocycles. The Labute approximate surface area is 146 Å². The third-order valence-corrected chi connectivity index (χ3v) is 4.85. The lowest BCUT2D eigenvalue weighted by molar-refractivity contribution is 0.223. The van der Waals surface area contributed by atoms with Crippen molar-refractivity contribution in [1.82, 2.24) is 20.1 Å². The van der Waals surface area contributed by atoms with Gasteiger partial charge in [0, 0.05) is 37.2 Å². The summed E-state index contributed by atoms with van der Waals surface area (Å²) in [5.41, 5.74) is 1.41. The number of anilines is 1. The molecule has 0 amide bonds. The fraction of sp³-hybridized carbons (Fsp3) is 0.529. The first-order chi connectivity index (χ1) is 11.1. The second kappa shape index (κ2) is 7.45. The second-order valence-electron chi connectivity index (χ2n) is 6.43. The monoisotopic (exact) mass is 377 g/mol. The summed E-state index contributed by atoms with van der Waals surface area (Å²) in [5, 5.41) is 7.13. The van der Waals surface area contributed by atoms with Crippen LogP contribution in [0, 0.1) is 12.8 Å². The number of piperazine rings is 1. The number of hydrogen-bond donors (Lipinski definition) is 1. The molecule has 0 saturated carbocycles. The van der Waals surface area contributed by atoms with Crippen LogP contribution in [0.3, 0.4) is 0 Å². The zero-order valence-corrected chi connectivity index (χ0v) is 15.4. The fourth-order valence-corrected chi connectivity index (χ4v) is 3.41. The molecular formula is C17H24BrN5. The Kier molecular flexibility index (Phi) is 5.33. The summed E-state index contributed by atoms with van der Waals surface area (Å²) in [7, 11) is 0. The maximum Gasteiger partial charge on any atom is 0.221 e. The van der Waals surface area contributed by atoms with Crippen LogP contribution in [-0.2, 0) is 6.42 Å². The van der Waals surface area contributed by atoms with Crippen molar-refractivity contribution >= 4 is 21.9 Å². The number of rotatable bonds is 5. The van der Waals surface area contributed by atoms with E-state index in [1.807, 2.05) is 6.92 Å². The maximum atomic E-state index is 4.42. The summed E-state index contributed by atoms with van der Waals surface area (Å²) in [6.45, 7) is 9.61. The molecule has 3 rings (SSSR count). The average Bonchev–Trinajstić information content (AvgIpc) is 2.97. The smallest absolute Gasteiger partial charge is 0.221 e. The third kappa shape index (κ3) is 4.54. The first-order valence-corrected chi connectivity index (χ1v) is 9.00. The summed E-state index contributed by atoms with van der Waals surface area (Å²) in [5.74, 6) is 2.38. The number of aromatic amines is 1. The van der Waals surface area contributed by atoms with E-state index in [9.17, 15) is 0 Å². The summed E-state index contributed by atoms with van der Waals surface area (Å²) in [6.07, 6.45) is 1.13. The maximum absolute atomic E-state index is 4.42. The Morgan fingerprint density at radius 2 is 1.87 bits per heavy atom. The summed E-state index contributed by atoms with van der Waals surface area (Å²) >= 11 is 3.49.